The fourth-order valence-corrected chi connectivity index (χ4v) is 3.00. The van der Waals surface area contributed by atoms with Crippen molar-refractivity contribution < 1.29 is 14.5 Å². The topological polar surface area (TPSA) is 79.5 Å². The summed E-state index contributed by atoms with van der Waals surface area (Å²) in [5.74, 6) is -0.521. The molecule has 1 atom stereocenters. The number of carboxylic acid groups (broad SMARTS) is 1. The highest BCUT2D eigenvalue weighted by atomic mass is 16.6. The molecule has 6 heteroatoms. The maximum Gasteiger partial charge on any atom is 0.335 e. The van der Waals surface area contributed by atoms with Crippen molar-refractivity contribution in [3.05, 3.63) is 46.8 Å². The predicted octanol–water partition coefficient (Wildman–Crippen LogP) is 2.46. The largest absolute Gasteiger partial charge is 0.478 e. The number of aromatic nitrogens is 2. The van der Waals surface area contributed by atoms with Gasteiger partial charge in [0.2, 0.25) is 0 Å². The van der Waals surface area contributed by atoms with E-state index in [0.29, 0.717) is 11.5 Å². The van der Waals surface area contributed by atoms with Crippen LogP contribution in [-0.2, 0) is 6.54 Å². The summed E-state index contributed by atoms with van der Waals surface area (Å²) in [5, 5.41) is 16.9. The molecule has 1 aromatic carbocycles. The molecule has 116 valence electrons. The molecule has 1 aliphatic heterocycles. The summed E-state index contributed by atoms with van der Waals surface area (Å²) in [5.41, 5.74) is 3.15. The lowest BCUT2D eigenvalue weighted by Crippen LogP contribution is -2.34. The van der Waals surface area contributed by atoms with Gasteiger partial charge in [-0.1, -0.05) is 22.4 Å². The van der Waals surface area contributed by atoms with Crippen LogP contribution < -0.4 is 0 Å². The number of hydrogen-bond acceptors (Lipinski definition) is 5. The second-order valence-electron chi connectivity index (χ2n) is 5.80. The summed E-state index contributed by atoms with van der Waals surface area (Å²) in [7, 11) is 0. The van der Waals surface area contributed by atoms with Crippen LogP contribution in [0.4, 0.5) is 0 Å². The average molecular weight is 301 g/mol. The van der Waals surface area contributed by atoms with Crippen molar-refractivity contribution in [3.8, 4) is 0 Å². The van der Waals surface area contributed by atoms with E-state index in [1.165, 1.54) is 0 Å². The Bertz CT molecular complexity index is 668. The van der Waals surface area contributed by atoms with Gasteiger partial charge < -0.3 is 5.11 Å². The standard InChI is InChI=1S/C16H19N3O3/c1-11-15(18-22-17-11)10-19-7-3-6-14(9-19)12-4-2-5-13(8-12)16(20)21/h2,4-5,8,14H,3,6-7,9-10H2,1H3,(H,20,21). The number of aryl methyl sites for hydroxylation is 1. The van der Waals surface area contributed by atoms with Crippen LogP contribution in [0.3, 0.4) is 0 Å². The Morgan fingerprint density at radius 1 is 1.45 bits per heavy atom. The second kappa shape index (κ2) is 6.27. The Labute approximate surface area is 128 Å². The Balaban J connectivity index is 1.71. The van der Waals surface area contributed by atoms with Crippen LogP contribution in [0.1, 0.15) is 46.1 Å². The van der Waals surface area contributed by atoms with E-state index in [-0.39, 0.29) is 0 Å². The van der Waals surface area contributed by atoms with Crippen molar-refractivity contribution >= 4 is 5.97 Å². The molecule has 2 aromatic rings. The Morgan fingerprint density at radius 3 is 3.05 bits per heavy atom. The molecule has 1 unspecified atom stereocenters. The molecule has 6 nitrogen and oxygen atoms in total. The number of carboxylic acids is 1. The van der Waals surface area contributed by atoms with Gasteiger partial charge in [-0.25, -0.2) is 9.42 Å². The molecule has 2 heterocycles. The minimum atomic E-state index is -0.876. The average Bonchev–Trinajstić information content (AvgIpc) is 2.93. The highest BCUT2D eigenvalue weighted by Gasteiger charge is 2.23. The highest BCUT2D eigenvalue weighted by Crippen LogP contribution is 2.28. The highest BCUT2D eigenvalue weighted by molar-refractivity contribution is 5.87. The number of likely N-dealkylation sites (tertiary alicyclic amines) is 1. The molecule has 0 radical (unpaired) electrons. The molecule has 0 saturated carbocycles. The van der Waals surface area contributed by atoms with Gasteiger partial charge in [0, 0.05) is 13.1 Å². The summed E-state index contributed by atoms with van der Waals surface area (Å²) in [4.78, 5) is 13.4. The van der Waals surface area contributed by atoms with Gasteiger partial charge >= 0.3 is 5.97 Å². The molecule has 22 heavy (non-hydrogen) atoms. The lowest BCUT2D eigenvalue weighted by molar-refractivity contribution is 0.0696. The van der Waals surface area contributed by atoms with Crippen molar-refractivity contribution in [2.45, 2.75) is 32.2 Å². The van der Waals surface area contributed by atoms with E-state index >= 15 is 0 Å². The number of hydrogen-bond donors (Lipinski definition) is 1. The first-order valence-electron chi connectivity index (χ1n) is 7.47. The zero-order valence-electron chi connectivity index (χ0n) is 12.5. The van der Waals surface area contributed by atoms with Crippen LogP contribution in [0.2, 0.25) is 0 Å². The molecule has 0 aliphatic carbocycles. The number of aromatic carboxylic acids is 1. The third-order valence-corrected chi connectivity index (χ3v) is 4.23. The lowest BCUT2D eigenvalue weighted by Gasteiger charge is -2.32. The van der Waals surface area contributed by atoms with E-state index in [1.807, 2.05) is 19.1 Å². The minimum absolute atomic E-state index is 0.353. The van der Waals surface area contributed by atoms with Gasteiger partial charge in [0.25, 0.3) is 0 Å². The SMILES string of the molecule is Cc1nonc1CN1CCCC(c2cccc(C(=O)O)c2)C1. The van der Waals surface area contributed by atoms with Gasteiger partial charge in [-0.3, -0.25) is 4.90 Å². The summed E-state index contributed by atoms with van der Waals surface area (Å²) in [6, 6.07) is 7.27. The predicted molar refractivity (Wildman–Crippen MR) is 79.7 cm³/mol. The van der Waals surface area contributed by atoms with Crippen LogP contribution in [0.25, 0.3) is 0 Å². The molecule has 1 fully saturated rings. The van der Waals surface area contributed by atoms with Crippen molar-refractivity contribution in [1.82, 2.24) is 15.2 Å². The van der Waals surface area contributed by atoms with Gasteiger partial charge in [0.15, 0.2) is 0 Å². The van der Waals surface area contributed by atoms with Crippen LogP contribution in [-0.4, -0.2) is 39.4 Å². The maximum absolute atomic E-state index is 11.1. The number of rotatable bonds is 4. The van der Waals surface area contributed by atoms with E-state index in [0.717, 1.165) is 49.4 Å². The molecular formula is C16H19N3O3. The van der Waals surface area contributed by atoms with E-state index in [2.05, 4.69) is 15.2 Å². The zero-order valence-corrected chi connectivity index (χ0v) is 12.5. The summed E-state index contributed by atoms with van der Waals surface area (Å²) in [6.07, 6.45) is 2.17. The van der Waals surface area contributed by atoms with Crippen molar-refractivity contribution in [1.29, 1.82) is 0 Å². The molecule has 1 aromatic heterocycles. The molecular weight excluding hydrogens is 282 g/mol. The van der Waals surface area contributed by atoms with Gasteiger partial charge in [0.05, 0.1) is 5.56 Å². The molecule has 1 N–H and O–H groups in total. The third kappa shape index (κ3) is 3.17. The van der Waals surface area contributed by atoms with Gasteiger partial charge in [0.1, 0.15) is 11.4 Å². The second-order valence-corrected chi connectivity index (χ2v) is 5.80. The number of carbonyl (C=O) groups is 1. The van der Waals surface area contributed by atoms with Crippen LogP contribution in [0.15, 0.2) is 28.9 Å². The Morgan fingerprint density at radius 2 is 2.32 bits per heavy atom. The van der Waals surface area contributed by atoms with Crippen molar-refractivity contribution in [2.24, 2.45) is 0 Å². The number of benzene rings is 1. The maximum atomic E-state index is 11.1. The first-order valence-corrected chi connectivity index (χ1v) is 7.47. The quantitative estimate of drug-likeness (QED) is 0.934. The van der Waals surface area contributed by atoms with Crippen molar-refractivity contribution in [2.75, 3.05) is 13.1 Å². The summed E-state index contributed by atoms with van der Waals surface area (Å²) in [6.45, 7) is 4.53. The van der Waals surface area contributed by atoms with Gasteiger partial charge in [-0.15, -0.1) is 0 Å². The molecule has 1 saturated heterocycles. The summed E-state index contributed by atoms with van der Waals surface area (Å²) >= 11 is 0. The minimum Gasteiger partial charge on any atom is -0.478 e. The Kier molecular flexibility index (Phi) is 4.20. The normalized spacial score (nSPS) is 19.2. The smallest absolute Gasteiger partial charge is 0.335 e. The van der Waals surface area contributed by atoms with E-state index in [9.17, 15) is 4.79 Å². The fraction of sp³-hybridized carbons (Fsp3) is 0.438. The number of piperidine rings is 1. The molecule has 0 bridgehead atoms. The monoisotopic (exact) mass is 301 g/mol. The first kappa shape index (κ1) is 14.7. The van der Waals surface area contributed by atoms with Gasteiger partial charge in [-0.2, -0.15) is 0 Å². The van der Waals surface area contributed by atoms with Crippen molar-refractivity contribution in [3.63, 3.8) is 0 Å². The van der Waals surface area contributed by atoms with Crippen LogP contribution in [0, 0.1) is 6.92 Å². The van der Waals surface area contributed by atoms with E-state index < -0.39 is 5.97 Å². The van der Waals surface area contributed by atoms with E-state index in [4.69, 9.17) is 9.74 Å². The van der Waals surface area contributed by atoms with Crippen LogP contribution in [0.5, 0.6) is 0 Å². The third-order valence-electron chi connectivity index (χ3n) is 4.23. The van der Waals surface area contributed by atoms with E-state index in [1.54, 1.807) is 12.1 Å². The fourth-order valence-electron chi connectivity index (χ4n) is 3.00. The van der Waals surface area contributed by atoms with Gasteiger partial charge in [-0.05, 0) is 49.9 Å². The zero-order chi connectivity index (χ0) is 15.5. The molecule has 3 rings (SSSR count). The molecule has 0 spiro atoms. The number of nitrogens with zero attached hydrogens (tertiary/aromatic N) is 3. The Hall–Kier alpha value is -2.21. The molecule has 0 amide bonds. The molecule has 1 aliphatic rings. The summed E-state index contributed by atoms with van der Waals surface area (Å²) < 4.78 is 4.75. The van der Waals surface area contributed by atoms with Crippen LogP contribution >= 0.6 is 0 Å². The first-order chi connectivity index (χ1) is 10.6. The lowest BCUT2D eigenvalue weighted by atomic mass is 9.89.